The number of aromatic nitrogens is 4. The molecule has 108 valence electrons. The van der Waals surface area contributed by atoms with Gasteiger partial charge in [0, 0.05) is 31.0 Å². The van der Waals surface area contributed by atoms with Crippen molar-refractivity contribution in [2.24, 2.45) is 0 Å². The lowest BCUT2D eigenvalue weighted by atomic mass is 10.2. The highest BCUT2D eigenvalue weighted by Crippen LogP contribution is 2.18. The molecule has 0 saturated carbocycles. The van der Waals surface area contributed by atoms with Gasteiger partial charge >= 0.3 is 0 Å². The molecule has 0 aliphatic carbocycles. The Morgan fingerprint density at radius 1 is 1.15 bits per heavy atom. The van der Waals surface area contributed by atoms with E-state index in [4.69, 9.17) is 0 Å². The predicted octanol–water partition coefficient (Wildman–Crippen LogP) is 3.13. The standard InChI is InChI=1S/C15H23N5/c1-4-7-13-9-14(16-8-5-2)19-15(18-13)12-10-17-20(6-3)11-12/h9-11H,4-8H2,1-3H3,(H,16,18,19). The Bertz CT molecular complexity index is 547. The van der Waals surface area contributed by atoms with Crippen molar-refractivity contribution in [3.8, 4) is 11.4 Å². The van der Waals surface area contributed by atoms with Gasteiger partial charge in [-0.3, -0.25) is 4.68 Å². The van der Waals surface area contributed by atoms with E-state index in [0.717, 1.165) is 55.3 Å². The summed E-state index contributed by atoms with van der Waals surface area (Å²) in [6.07, 6.45) is 6.96. The zero-order chi connectivity index (χ0) is 14.4. The van der Waals surface area contributed by atoms with Crippen molar-refractivity contribution < 1.29 is 0 Å². The molecule has 1 N–H and O–H groups in total. The van der Waals surface area contributed by atoms with Gasteiger partial charge in [-0.05, 0) is 19.8 Å². The Kier molecular flexibility index (Phi) is 5.09. The second-order valence-corrected chi connectivity index (χ2v) is 4.83. The highest BCUT2D eigenvalue weighted by atomic mass is 15.3. The summed E-state index contributed by atoms with van der Waals surface area (Å²) in [4.78, 5) is 9.24. The van der Waals surface area contributed by atoms with E-state index in [2.05, 4.69) is 41.2 Å². The molecule has 2 rings (SSSR count). The zero-order valence-corrected chi connectivity index (χ0v) is 12.6. The van der Waals surface area contributed by atoms with Gasteiger partial charge in [-0.1, -0.05) is 20.3 Å². The fourth-order valence-electron chi connectivity index (χ4n) is 2.01. The summed E-state index contributed by atoms with van der Waals surface area (Å²) in [6, 6.07) is 2.05. The summed E-state index contributed by atoms with van der Waals surface area (Å²) in [6.45, 7) is 8.16. The third-order valence-electron chi connectivity index (χ3n) is 3.06. The van der Waals surface area contributed by atoms with Crippen LogP contribution in [0.15, 0.2) is 18.5 Å². The molecular formula is C15H23N5. The van der Waals surface area contributed by atoms with E-state index in [1.165, 1.54) is 0 Å². The Hall–Kier alpha value is -1.91. The molecule has 0 unspecified atom stereocenters. The van der Waals surface area contributed by atoms with E-state index < -0.39 is 0 Å². The van der Waals surface area contributed by atoms with Crippen LogP contribution < -0.4 is 5.32 Å². The maximum absolute atomic E-state index is 4.64. The van der Waals surface area contributed by atoms with Gasteiger partial charge in [0.05, 0.1) is 11.8 Å². The molecule has 2 aromatic rings. The zero-order valence-electron chi connectivity index (χ0n) is 12.6. The van der Waals surface area contributed by atoms with Gasteiger partial charge in [-0.2, -0.15) is 5.10 Å². The van der Waals surface area contributed by atoms with Crippen LogP contribution in [-0.4, -0.2) is 26.3 Å². The lowest BCUT2D eigenvalue weighted by Crippen LogP contribution is -2.05. The van der Waals surface area contributed by atoms with Crippen LogP contribution >= 0.6 is 0 Å². The molecule has 0 amide bonds. The van der Waals surface area contributed by atoms with Gasteiger partial charge < -0.3 is 5.32 Å². The lowest BCUT2D eigenvalue weighted by Gasteiger charge is -2.08. The summed E-state index contributed by atoms with van der Waals surface area (Å²) in [7, 11) is 0. The molecular weight excluding hydrogens is 250 g/mol. The minimum absolute atomic E-state index is 0.759. The molecule has 0 fully saturated rings. The van der Waals surface area contributed by atoms with Crippen LogP contribution in [0.1, 0.15) is 39.3 Å². The van der Waals surface area contributed by atoms with Crippen molar-refractivity contribution in [1.82, 2.24) is 19.7 Å². The van der Waals surface area contributed by atoms with Crippen LogP contribution in [0.4, 0.5) is 5.82 Å². The van der Waals surface area contributed by atoms with Crippen LogP contribution in [0, 0.1) is 0 Å². The Balaban J connectivity index is 2.32. The number of hydrogen-bond donors (Lipinski definition) is 1. The molecule has 0 aliphatic rings. The first kappa shape index (κ1) is 14.5. The van der Waals surface area contributed by atoms with E-state index >= 15 is 0 Å². The topological polar surface area (TPSA) is 55.6 Å². The summed E-state index contributed by atoms with van der Waals surface area (Å²) >= 11 is 0. The normalized spacial score (nSPS) is 10.8. The second kappa shape index (κ2) is 7.03. The SMILES string of the molecule is CCCNc1cc(CCC)nc(-c2cnn(CC)c2)n1. The third-order valence-corrected chi connectivity index (χ3v) is 3.06. The minimum Gasteiger partial charge on any atom is -0.370 e. The molecule has 2 aromatic heterocycles. The van der Waals surface area contributed by atoms with E-state index in [0.29, 0.717) is 0 Å². The van der Waals surface area contributed by atoms with Crippen LogP contribution in [0.3, 0.4) is 0 Å². The van der Waals surface area contributed by atoms with Crippen LogP contribution in [0.5, 0.6) is 0 Å². The van der Waals surface area contributed by atoms with Crippen molar-refractivity contribution in [2.45, 2.75) is 46.6 Å². The summed E-state index contributed by atoms with van der Waals surface area (Å²) < 4.78 is 1.89. The number of nitrogens with one attached hydrogen (secondary N) is 1. The van der Waals surface area contributed by atoms with E-state index in [9.17, 15) is 0 Å². The predicted molar refractivity (Wildman–Crippen MR) is 81.7 cm³/mol. The maximum Gasteiger partial charge on any atom is 0.164 e. The van der Waals surface area contributed by atoms with Gasteiger partial charge in [-0.15, -0.1) is 0 Å². The molecule has 0 atom stereocenters. The van der Waals surface area contributed by atoms with Crippen molar-refractivity contribution in [3.63, 3.8) is 0 Å². The van der Waals surface area contributed by atoms with Gasteiger partial charge in [0.25, 0.3) is 0 Å². The maximum atomic E-state index is 4.64. The van der Waals surface area contributed by atoms with Crippen molar-refractivity contribution in [3.05, 3.63) is 24.2 Å². The van der Waals surface area contributed by atoms with Gasteiger partial charge in [0.2, 0.25) is 0 Å². The van der Waals surface area contributed by atoms with Gasteiger partial charge in [0.1, 0.15) is 5.82 Å². The van der Waals surface area contributed by atoms with Gasteiger partial charge in [-0.25, -0.2) is 9.97 Å². The van der Waals surface area contributed by atoms with Crippen LogP contribution in [-0.2, 0) is 13.0 Å². The molecule has 0 spiro atoms. The van der Waals surface area contributed by atoms with E-state index in [1.807, 2.05) is 23.1 Å². The molecule has 0 bridgehead atoms. The summed E-state index contributed by atoms with van der Waals surface area (Å²) in [5.41, 5.74) is 2.06. The number of aryl methyl sites for hydroxylation is 2. The number of rotatable bonds is 7. The summed E-state index contributed by atoms with van der Waals surface area (Å²) in [5, 5.41) is 7.64. The first-order chi connectivity index (χ1) is 9.76. The number of anilines is 1. The quantitative estimate of drug-likeness (QED) is 0.842. The van der Waals surface area contributed by atoms with E-state index in [-0.39, 0.29) is 0 Å². The molecule has 5 heteroatoms. The summed E-state index contributed by atoms with van der Waals surface area (Å²) in [5.74, 6) is 1.67. The average Bonchev–Trinajstić information content (AvgIpc) is 2.94. The van der Waals surface area contributed by atoms with E-state index in [1.54, 1.807) is 0 Å². The molecule has 0 saturated heterocycles. The van der Waals surface area contributed by atoms with Gasteiger partial charge in [0.15, 0.2) is 5.82 Å². The minimum atomic E-state index is 0.759. The smallest absolute Gasteiger partial charge is 0.164 e. The number of hydrogen-bond acceptors (Lipinski definition) is 4. The average molecular weight is 273 g/mol. The molecule has 0 radical (unpaired) electrons. The highest BCUT2D eigenvalue weighted by molar-refractivity contribution is 5.55. The second-order valence-electron chi connectivity index (χ2n) is 4.83. The highest BCUT2D eigenvalue weighted by Gasteiger charge is 2.08. The number of nitrogens with zero attached hydrogens (tertiary/aromatic N) is 4. The van der Waals surface area contributed by atoms with Crippen molar-refractivity contribution >= 4 is 5.82 Å². The molecule has 20 heavy (non-hydrogen) atoms. The largest absolute Gasteiger partial charge is 0.370 e. The molecule has 2 heterocycles. The van der Waals surface area contributed by atoms with Crippen LogP contribution in [0.25, 0.3) is 11.4 Å². The Morgan fingerprint density at radius 3 is 2.65 bits per heavy atom. The fourth-order valence-corrected chi connectivity index (χ4v) is 2.01. The monoisotopic (exact) mass is 273 g/mol. The molecule has 5 nitrogen and oxygen atoms in total. The third kappa shape index (κ3) is 3.56. The van der Waals surface area contributed by atoms with Crippen molar-refractivity contribution in [2.75, 3.05) is 11.9 Å². The lowest BCUT2D eigenvalue weighted by molar-refractivity contribution is 0.660. The fraction of sp³-hybridized carbons (Fsp3) is 0.533. The Morgan fingerprint density at radius 2 is 2.00 bits per heavy atom. The van der Waals surface area contributed by atoms with Crippen molar-refractivity contribution in [1.29, 1.82) is 0 Å². The first-order valence-electron chi connectivity index (χ1n) is 7.41. The van der Waals surface area contributed by atoms with Crippen LogP contribution in [0.2, 0.25) is 0 Å². The molecule has 0 aromatic carbocycles. The first-order valence-corrected chi connectivity index (χ1v) is 7.41. The Labute approximate surface area is 120 Å². The molecule has 0 aliphatic heterocycles.